The van der Waals surface area contributed by atoms with E-state index in [1.54, 1.807) is 42.7 Å². The Morgan fingerprint density at radius 2 is 1.21 bits per heavy atom. The molecule has 7 rings (SSSR count). The number of amides is 3. The maximum absolute atomic E-state index is 13.9. The van der Waals surface area contributed by atoms with Gasteiger partial charge in [-0.05, 0) is 34.4 Å². The molecule has 0 saturated heterocycles. The van der Waals surface area contributed by atoms with Gasteiger partial charge < -0.3 is 30.0 Å². The highest BCUT2D eigenvalue weighted by Gasteiger charge is 2.38. The molecule has 12 nitrogen and oxygen atoms in total. The minimum absolute atomic E-state index is 0.0519. The molecule has 4 N–H and O–H groups in total. The summed E-state index contributed by atoms with van der Waals surface area (Å²) >= 11 is 0. The van der Waals surface area contributed by atoms with Crippen molar-refractivity contribution in [2.45, 2.75) is 30.5 Å². The second-order valence-corrected chi connectivity index (χ2v) is 13.6. The van der Waals surface area contributed by atoms with E-state index >= 15 is 0 Å². The van der Waals surface area contributed by atoms with Gasteiger partial charge in [0.2, 0.25) is 17.7 Å². The number of benzene rings is 5. The number of rotatable bonds is 16. The Morgan fingerprint density at radius 1 is 0.672 bits per heavy atom. The van der Waals surface area contributed by atoms with Crippen molar-refractivity contribution in [3.63, 3.8) is 0 Å². The highest BCUT2D eigenvalue weighted by Crippen LogP contribution is 2.40. The van der Waals surface area contributed by atoms with E-state index in [1.807, 2.05) is 89.6 Å². The fourth-order valence-electron chi connectivity index (χ4n) is 6.97. The summed E-state index contributed by atoms with van der Waals surface area (Å²) in [5, 5.41) is 17.6. The number of nitrogens with one attached hydrogen (secondary N) is 3. The molecular weight excluding hydrogens is 733 g/mol. The molecule has 0 radical (unpaired) electrons. The number of carbonyl (C=O) groups is 4. The van der Waals surface area contributed by atoms with E-state index in [-0.39, 0.29) is 24.4 Å². The van der Waals surface area contributed by atoms with Gasteiger partial charge in [0.05, 0.1) is 18.6 Å². The fraction of sp³-hybridized carbons (Fsp3) is 0.130. The van der Waals surface area contributed by atoms with Crippen molar-refractivity contribution >= 4 is 23.7 Å². The van der Waals surface area contributed by atoms with Crippen LogP contribution < -0.4 is 16.0 Å². The Kier molecular flexibility index (Phi) is 11.9. The van der Waals surface area contributed by atoms with Gasteiger partial charge in [0.1, 0.15) is 23.9 Å². The first-order valence-electron chi connectivity index (χ1n) is 18.7. The Bertz CT molecular complexity index is 2360. The number of carbonyl (C=O) groups excluding carboxylic acids is 3. The van der Waals surface area contributed by atoms with Crippen LogP contribution in [0.1, 0.15) is 38.4 Å². The van der Waals surface area contributed by atoms with Crippen molar-refractivity contribution in [2.24, 2.45) is 0 Å². The van der Waals surface area contributed by atoms with Crippen LogP contribution in [-0.2, 0) is 32.8 Å². The van der Waals surface area contributed by atoms with Gasteiger partial charge in [0, 0.05) is 24.6 Å². The lowest BCUT2D eigenvalue weighted by Gasteiger charge is -2.37. The average Bonchev–Trinajstić information content (AvgIpc) is 3.96. The SMILES string of the molecule is O=C(CNC(=O)[C@H](Cc1cn(C(c2ccccc2)(c2ccccc2)c2ccccc2)cn1)NC(=O)c1coc(-c2ccccc2)n1)N[C@@H](Cc1ccccc1)C(=O)O. The zero-order chi connectivity index (χ0) is 40.3. The molecule has 0 unspecified atom stereocenters. The number of imidazole rings is 1. The first-order chi connectivity index (χ1) is 28.3. The number of hydrogen-bond donors (Lipinski definition) is 4. The first-order valence-corrected chi connectivity index (χ1v) is 18.7. The molecule has 0 aliphatic heterocycles. The first kappa shape index (κ1) is 38.7. The second-order valence-electron chi connectivity index (χ2n) is 13.6. The van der Waals surface area contributed by atoms with Gasteiger partial charge in [-0.1, -0.05) is 140 Å². The minimum Gasteiger partial charge on any atom is -0.480 e. The Morgan fingerprint density at radius 3 is 1.76 bits per heavy atom. The lowest BCUT2D eigenvalue weighted by molar-refractivity contribution is -0.141. The van der Waals surface area contributed by atoms with Crippen LogP contribution in [0.25, 0.3) is 11.5 Å². The zero-order valence-electron chi connectivity index (χ0n) is 31.3. The number of hydrogen-bond acceptors (Lipinski definition) is 7. The Labute approximate surface area is 334 Å². The number of oxazole rings is 1. The number of aromatic nitrogens is 3. The molecule has 12 heteroatoms. The lowest BCUT2D eigenvalue weighted by Crippen LogP contribution is -2.52. The molecule has 2 heterocycles. The van der Waals surface area contributed by atoms with Crippen LogP contribution in [0.4, 0.5) is 0 Å². The topological polar surface area (TPSA) is 168 Å². The summed E-state index contributed by atoms with van der Waals surface area (Å²) in [4.78, 5) is 61.7. The third kappa shape index (κ3) is 8.76. The standard InChI is InChI=1S/C46H40N6O6/c53-41(49-39(45(56)57)26-32-16-6-1-7-17-32)28-47-42(54)38(50-43(55)40-30-58-44(51-40)33-18-8-2-9-19-33)27-37-29-52(31-48-37)46(34-20-10-3-11-21-34,35-22-12-4-13-23-35)36-24-14-5-15-25-36/h1-25,29-31,38-39H,26-28H2,(H,47,54)(H,49,53)(H,50,55)(H,56,57)/t38-,39-/m0/s1. The smallest absolute Gasteiger partial charge is 0.326 e. The monoisotopic (exact) mass is 772 g/mol. The Hall–Kier alpha value is -7.60. The van der Waals surface area contributed by atoms with Crippen LogP contribution in [0, 0.1) is 0 Å². The molecule has 0 aliphatic carbocycles. The van der Waals surface area contributed by atoms with Crippen LogP contribution >= 0.6 is 0 Å². The number of aliphatic carboxylic acids is 1. The third-order valence-corrected chi connectivity index (χ3v) is 9.73. The van der Waals surface area contributed by atoms with Crippen LogP contribution in [-0.4, -0.2) is 62.0 Å². The summed E-state index contributed by atoms with van der Waals surface area (Å²) in [6.45, 7) is -0.542. The quantitative estimate of drug-likeness (QED) is 0.0915. The summed E-state index contributed by atoms with van der Waals surface area (Å²) < 4.78 is 7.58. The van der Waals surface area contributed by atoms with E-state index in [4.69, 9.17) is 9.40 Å². The van der Waals surface area contributed by atoms with Crippen LogP contribution in [0.15, 0.2) is 175 Å². The predicted octanol–water partition coefficient (Wildman–Crippen LogP) is 5.65. The van der Waals surface area contributed by atoms with Crippen molar-refractivity contribution in [3.8, 4) is 11.5 Å². The van der Waals surface area contributed by atoms with Gasteiger partial charge in [-0.2, -0.15) is 0 Å². The van der Waals surface area contributed by atoms with E-state index in [0.717, 1.165) is 22.3 Å². The van der Waals surface area contributed by atoms with Crippen molar-refractivity contribution in [1.29, 1.82) is 0 Å². The zero-order valence-corrected chi connectivity index (χ0v) is 31.3. The highest BCUT2D eigenvalue weighted by molar-refractivity contribution is 5.97. The van der Waals surface area contributed by atoms with Crippen molar-refractivity contribution in [3.05, 3.63) is 204 Å². The Balaban J connectivity index is 1.17. The van der Waals surface area contributed by atoms with Crippen molar-refractivity contribution < 1.29 is 28.7 Å². The fourth-order valence-corrected chi connectivity index (χ4v) is 6.97. The minimum atomic E-state index is -1.24. The van der Waals surface area contributed by atoms with Gasteiger partial charge in [0.25, 0.3) is 5.91 Å². The molecule has 0 aliphatic rings. The average molecular weight is 773 g/mol. The van der Waals surface area contributed by atoms with Crippen molar-refractivity contribution in [2.75, 3.05) is 6.54 Å². The normalized spacial score (nSPS) is 12.2. The van der Waals surface area contributed by atoms with Crippen LogP contribution in [0.2, 0.25) is 0 Å². The molecule has 7 aromatic rings. The molecule has 5 aromatic carbocycles. The van der Waals surface area contributed by atoms with Gasteiger partial charge in [0.15, 0.2) is 5.69 Å². The second kappa shape index (κ2) is 17.9. The van der Waals surface area contributed by atoms with Gasteiger partial charge >= 0.3 is 5.97 Å². The van der Waals surface area contributed by atoms with E-state index in [2.05, 4.69) is 57.3 Å². The maximum Gasteiger partial charge on any atom is 0.326 e. The molecule has 2 aromatic heterocycles. The summed E-state index contributed by atoms with van der Waals surface area (Å²) in [6, 6.07) is 45.6. The lowest BCUT2D eigenvalue weighted by atomic mass is 9.77. The summed E-state index contributed by atoms with van der Waals surface area (Å²) in [5.41, 5.74) is 3.84. The molecule has 0 bridgehead atoms. The molecule has 0 saturated carbocycles. The number of carboxylic acid groups (broad SMARTS) is 1. The molecule has 2 atom stereocenters. The van der Waals surface area contributed by atoms with E-state index < -0.39 is 47.9 Å². The van der Waals surface area contributed by atoms with Crippen molar-refractivity contribution in [1.82, 2.24) is 30.5 Å². The number of carboxylic acids is 1. The third-order valence-electron chi connectivity index (χ3n) is 9.73. The van der Waals surface area contributed by atoms with Gasteiger partial charge in [-0.25, -0.2) is 14.8 Å². The number of nitrogens with zero attached hydrogens (tertiary/aromatic N) is 3. The van der Waals surface area contributed by atoms with E-state index in [0.29, 0.717) is 11.3 Å². The highest BCUT2D eigenvalue weighted by atomic mass is 16.4. The molecule has 0 fully saturated rings. The van der Waals surface area contributed by atoms with E-state index in [1.165, 1.54) is 6.26 Å². The molecule has 58 heavy (non-hydrogen) atoms. The van der Waals surface area contributed by atoms with Gasteiger partial charge in [-0.3, -0.25) is 14.4 Å². The summed E-state index contributed by atoms with van der Waals surface area (Å²) in [5.74, 6) is -3.08. The van der Waals surface area contributed by atoms with Crippen LogP contribution in [0.5, 0.6) is 0 Å². The maximum atomic E-state index is 13.9. The molecular formula is C46H40N6O6. The largest absolute Gasteiger partial charge is 0.480 e. The molecule has 3 amide bonds. The predicted molar refractivity (Wildman–Crippen MR) is 216 cm³/mol. The summed E-state index contributed by atoms with van der Waals surface area (Å²) in [7, 11) is 0. The van der Waals surface area contributed by atoms with Crippen LogP contribution in [0.3, 0.4) is 0 Å². The molecule has 0 spiro atoms. The summed E-state index contributed by atoms with van der Waals surface area (Å²) in [6.07, 6.45) is 4.74. The van der Waals surface area contributed by atoms with E-state index in [9.17, 15) is 24.3 Å². The molecule has 290 valence electrons. The van der Waals surface area contributed by atoms with Gasteiger partial charge in [-0.15, -0.1) is 0 Å².